The smallest absolute Gasteiger partial charge is 0.241 e. The lowest BCUT2D eigenvalue weighted by molar-refractivity contribution is -0.187. The van der Waals surface area contributed by atoms with Gasteiger partial charge in [-0.05, 0) is 64.8 Å². The summed E-state index contributed by atoms with van der Waals surface area (Å²) in [6, 6.07) is 11.1. The van der Waals surface area contributed by atoms with Crippen LogP contribution in [0.5, 0.6) is 0 Å². The lowest BCUT2D eigenvalue weighted by atomic mass is 10.1. The maximum absolute atomic E-state index is 12.4. The molecule has 0 spiro atoms. The molecule has 0 aliphatic heterocycles. The molecule has 4 radical (unpaired) electrons. The summed E-state index contributed by atoms with van der Waals surface area (Å²) in [5.41, 5.74) is 9.13. The number of rotatable bonds is 6. The molecule has 4 nitrogen and oxygen atoms in total. The fraction of sp³-hybridized carbons (Fsp3) is 0.250. The molecule has 0 heterocycles. The number of allylic oxidation sites excluding steroid dienone is 2. The fourth-order valence-corrected chi connectivity index (χ4v) is 4.46. The number of hydrogen-bond donors (Lipinski definition) is 0. The van der Waals surface area contributed by atoms with Gasteiger partial charge in [0.15, 0.2) is 0 Å². The Balaban J connectivity index is 2.01. The first-order chi connectivity index (χ1) is 14.2. The molecule has 6 heteroatoms. The summed E-state index contributed by atoms with van der Waals surface area (Å²) in [4.78, 5) is 34.3. The molecule has 2 rings (SSSR count). The summed E-state index contributed by atoms with van der Waals surface area (Å²) in [6.07, 6.45) is 0. The number of aryl methyl sites for hydroxylation is 2. The summed E-state index contributed by atoms with van der Waals surface area (Å²) < 4.78 is 0. The minimum absolute atomic E-state index is 0.378. The highest BCUT2D eigenvalue weighted by Crippen LogP contribution is 2.11. The molecule has 0 unspecified atom stereocenters. The predicted octanol–water partition coefficient (Wildman–Crippen LogP) is 3.74. The Morgan fingerprint density at radius 2 is 1.07 bits per heavy atom. The molecule has 154 valence electrons. The Morgan fingerprint density at radius 3 is 1.37 bits per heavy atom. The minimum atomic E-state index is -0.683. The number of hydrogen-bond acceptors (Lipinski definition) is 4. The van der Waals surface area contributed by atoms with Crippen molar-refractivity contribution in [1.29, 1.82) is 0 Å². The topological polar surface area (TPSA) is 52.6 Å². The highest BCUT2D eigenvalue weighted by atomic mass is 28.2. The lowest BCUT2D eigenvalue weighted by Crippen LogP contribution is -2.18. The van der Waals surface area contributed by atoms with Gasteiger partial charge in [0.25, 0.3) is 0 Å². The van der Waals surface area contributed by atoms with E-state index in [1.54, 1.807) is 12.1 Å². The average Bonchev–Trinajstić information content (AvgIpc) is 2.68. The van der Waals surface area contributed by atoms with E-state index in [1.807, 2.05) is 38.1 Å². The van der Waals surface area contributed by atoms with Crippen molar-refractivity contribution in [1.82, 2.24) is 0 Å². The Morgan fingerprint density at radius 1 is 0.700 bits per heavy atom. The van der Waals surface area contributed by atoms with Crippen molar-refractivity contribution >= 4 is 41.4 Å². The quantitative estimate of drug-likeness (QED) is 0.395. The summed E-state index contributed by atoms with van der Waals surface area (Å²) in [7, 11) is 1.08. The van der Waals surface area contributed by atoms with Gasteiger partial charge in [-0.25, -0.2) is 19.4 Å². The highest BCUT2D eigenvalue weighted by molar-refractivity contribution is 6.59. The molecular weight excluding hydrogens is 408 g/mol. The van der Waals surface area contributed by atoms with Crippen molar-refractivity contribution in [2.75, 3.05) is 0 Å². The first-order valence-electron chi connectivity index (χ1n) is 9.61. The molecule has 0 fully saturated rings. The third kappa shape index (κ3) is 6.97. The standard InChI is InChI=1S/C24H26O4Si2/c1-15(2)13-29-19-7-9-21(17(5)11-19)23(25)27-28-24(26)22-10-8-20(12-18(22)6)30-14-16(3)4/h7-14H,1-6H3. The monoisotopic (exact) mass is 434 g/mol. The fourth-order valence-electron chi connectivity index (χ4n) is 2.59. The molecule has 0 amide bonds. The largest absolute Gasteiger partial charge is 0.386 e. The van der Waals surface area contributed by atoms with Crippen LogP contribution >= 0.6 is 0 Å². The van der Waals surface area contributed by atoms with Crippen LogP contribution in [0.15, 0.2) is 58.9 Å². The summed E-state index contributed by atoms with van der Waals surface area (Å²) in [6.45, 7) is 11.9. The van der Waals surface area contributed by atoms with Crippen molar-refractivity contribution in [3.8, 4) is 0 Å². The van der Waals surface area contributed by atoms with E-state index in [9.17, 15) is 9.59 Å². The molecule has 0 bridgehead atoms. The van der Waals surface area contributed by atoms with E-state index in [4.69, 9.17) is 9.78 Å². The van der Waals surface area contributed by atoms with E-state index in [0.717, 1.165) is 21.5 Å². The highest BCUT2D eigenvalue weighted by Gasteiger charge is 2.17. The Bertz CT molecular complexity index is 917. The van der Waals surface area contributed by atoms with Crippen LogP contribution in [0.1, 0.15) is 59.5 Å². The first kappa shape index (κ1) is 23.6. The summed E-state index contributed by atoms with van der Waals surface area (Å²) in [5, 5.41) is 2.26. The van der Waals surface area contributed by atoms with Crippen molar-refractivity contribution in [2.24, 2.45) is 0 Å². The summed E-state index contributed by atoms with van der Waals surface area (Å²) in [5.74, 6) is -1.37. The third-order valence-electron chi connectivity index (χ3n) is 4.14. The first-order valence-corrected chi connectivity index (χ1v) is 11.8. The maximum atomic E-state index is 12.4. The van der Waals surface area contributed by atoms with Gasteiger partial charge >= 0.3 is 11.9 Å². The van der Waals surface area contributed by atoms with Crippen molar-refractivity contribution in [3.63, 3.8) is 0 Å². The van der Waals surface area contributed by atoms with Gasteiger partial charge in [-0.2, -0.15) is 0 Å². The molecule has 2 aromatic rings. The molecule has 0 N–H and O–H groups in total. The van der Waals surface area contributed by atoms with Crippen molar-refractivity contribution in [2.45, 2.75) is 41.5 Å². The lowest BCUT2D eigenvalue weighted by Gasteiger charge is -2.09. The molecule has 0 saturated heterocycles. The predicted molar refractivity (Wildman–Crippen MR) is 123 cm³/mol. The van der Waals surface area contributed by atoms with Gasteiger partial charge in [0.1, 0.15) is 19.0 Å². The molecule has 0 aromatic heterocycles. The van der Waals surface area contributed by atoms with Crippen LogP contribution in [0.3, 0.4) is 0 Å². The molecule has 0 aliphatic rings. The molecule has 0 saturated carbocycles. The van der Waals surface area contributed by atoms with Gasteiger partial charge in [0.2, 0.25) is 0 Å². The van der Waals surface area contributed by atoms with Gasteiger partial charge < -0.3 is 0 Å². The van der Waals surface area contributed by atoms with E-state index < -0.39 is 11.9 Å². The zero-order valence-corrected chi connectivity index (χ0v) is 20.3. The average molecular weight is 435 g/mol. The SMILES string of the molecule is CC(C)=C[Si]c1ccc(C(=O)OOC(=O)c2ccc([Si]C=C(C)C)cc2C)c(C)c1. The number of benzene rings is 2. The van der Waals surface area contributed by atoms with Crippen LogP contribution in [-0.4, -0.2) is 31.0 Å². The Hall–Kier alpha value is -2.71. The normalized spacial score (nSPS) is 10.2. The Kier molecular flexibility index (Phi) is 8.56. The summed E-state index contributed by atoms with van der Waals surface area (Å²) >= 11 is 0. The van der Waals surface area contributed by atoms with Crippen LogP contribution in [-0.2, 0) is 9.78 Å². The maximum Gasteiger partial charge on any atom is 0.386 e. The van der Waals surface area contributed by atoms with Crippen LogP contribution in [0.4, 0.5) is 0 Å². The van der Waals surface area contributed by atoms with Crippen LogP contribution in [0.2, 0.25) is 0 Å². The molecule has 30 heavy (non-hydrogen) atoms. The van der Waals surface area contributed by atoms with Gasteiger partial charge in [0.05, 0.1) is 11.1 Å². The second kappa shape index (κ2) is 10.9. The van der Waals surface area contributed by atoms with Crippen molar-refractivity contribution < 1.29 is 19.4 Å². The zero-order chi connectivity index (χ0) is 22.3. The molecule has 2 aromatic carbocycles. The second-order valence-corrected chi connectivity index (χ2v) is 9.84. The van der Waals surface area contributed by atoms with Gasteiger partial charge in [-0.3, -0.25) is 0 Å². The molecule has 0 aliphatic carbocycles. The van der Waals surface area contributed by atoms with Gasteiger partial charge in [-0.15, -0.1) is 0 Å². The minimum Gasteiger partial charge on any atom is -0.241 e. The van der Waals surface area contributed by atoms with Crippen LogP contribution < -0.4 is 10.4 Å². The van der Waals surface area contributed by atoms with E-state index in [2.05, 4.69) is 39.1 Å². The second-order valence-electron chi connectivity index (χ2n) is 7.53. The molecular formula is C24H26O4Si2. The third-order valence-corrected chi connectivity index (χ3v) is 6.87. The van der Waals surface area contributed by atoms with Crippen LogP contribution in [0, 0.1) is 13.8 Å². The van der Waals surface area contributed by atoms with E-state index >= 15 is 0 Å². The van der Waals surface area contributed by atoms with E-state index in [1.165, 1.54) is 11.1 Å². The van der Waals surface area contributed by atoms with E-state index in [-0.39, 0.29) is 0 Å². The molecule has 0 atom stereocenters. The zero-order valence-electron chi connectivity index (χ0n) is 18.3. The van der Waals surface area contributed by atoms with Crippen molar-refractivity contribution in [3.05, 3.63) is 81.2 Å². The Labute approximate surface area is 183 Å². The number of carbonyl (C=O) groups excluding carboxylic acids is 2. The van der Waals surface area contributed by atoms with Gasteiger partial charge in [0, 0.05) is 0 Å². The van der Waals surface area contributed by atoms with E-state index in [0.29, 0.717) is 30.2 Å². The van der Waals surface area contributed by atoms with Gasteiger partial charge in [-0.1, -0.05) is 57.2 Å². The van der Waals surface area contributed by atoms with Crippen LogP contribution in [0.25, 0.3) is 0 Å². The number of carbonyl (C=O) groups is 2.